The van der Waals surface area contributed by atoms with Crippen molar-refractivity contribution in [2.45, 2.75) is 49.8 Å². The number of ketones is 1. The Morgan fingerprint density at radius 2 is 2.08 bits per heavy atom. The van der Waals surface area contributed by atoms with Crippen molar-refractivity contribution in [2.75, 3.05) is 0 Å². The third-order valence-corrected chi connectivity index (χ3v) is 4.68. The van der Waals surface area contributed by atoms with Crippen molar-refractivity contribution in [3.63, 3.8) is 0 Å². The summed E-state index contributed by atoms with van der Waals surface area (Å²) in [7, 11) is 0. The molecule has 0 heterocycles. The lowest BCUT2D eigenvalue weighted by molar-refractivity contribution is -0.161. The molecule has 25 heavy (non-hydrogen) atoms. The molecule has 3 atom stereocenters. The predicted molar refractivity (Wildman–Crippen MR) is 90.9 cm³/mol. The first-order valence-corrected chi connectivity index (χ1v) is 8.39. The van der Waals surface area contributed by atoms with Gasteiger partial charge in [-0.15, -0.1) is 0 Å². The van der Waals surface area contributed by atoms with Gasteiger partial charge in [-0.25, -0.2) is 0 Å². The molecule has 0 radical (unpaired) electrons. The van der Waals surface area contributed by atoms with Gasteiger partial charge in [-0.05, 0) is 37.3 Å². The van der Waals surface area contributed by atoms with Gasteiger partial charge in [0, 0.05) is 11.4 Å². The summed E-state index contributed by atoms with van der Waals surface area (Å²) in [5.74, 6) is -2.29. The van der Waals surface area contributed by atoms with Crippen LogP contribution in [0.25, 0.3) is 0 Å². The molecule has 0 bridgehead atoms. The molecule has 0 unspecified atom stereocenters. The van der Waals surface area contributed by atoms with Crippen molar-refractivity contribution in [3.8, 4) is 0 Å². The number of carbonyl (C=O) groups excluding carboxylic acids is 2. The second kappa shape index (κ2) is 7.95. The Morgan fingerprint density at radius 3 is 2.72 bits per heavy atom. The average molecular weight is 369 g/mol. The molecule has 7 nitrogen and oxygen atoms in total. The molecule has 1 aliphatic rings. The van der Waals surface area contributed by atoms with Gasteiger partial charge in [-0.3, -0.25) is 14.4 Å². The highest BCUT2D eigenvalue weighted by atomic mass is 35.5. The summed E-state index contributed by atoms with van der Waals surface area (Å²) in [5, 5.41) is 9.02. The van der Waals surface area contributed by atoms with Gasteiger partial charge >= 0.3 is 11.9 Å². The monoisotopic (exact) mass is 368 g/mol. The number of Topliss-reactive ketones (excluding diaryl/α,β-unsaturated/α-hetero) is 1. The Bertz CT molecular complexity index is 681. The van der Waals surface area contributed by atoms with Crippen LogP contribution in [0, 0.1) is 0 Å². The summed E-state index contributed by atoms with van der Waals surface area (Å²) in [6.45, 7) is 0. The first-order valence-electron chi connectivity index (χ1n) is 8.02. The molecule has 1 aliphatic carbocycles. The molecular weight excluding hydrogens is 348 g/mol. The van der Waals surface area contributed by atoms with Crippen LogP contribution in [0.1, 0.15) is 37.7 Å². The van der Waals surface area contributed by atoms with E-state index in [0.29, 0.717) is 29.8 Å². The first kappa shape index (κ1) is 19.4. The van der Waals surface area contributed by atoms with E-state index in [4.69, 9.17) is 32.9 Å². The van der Waals surface area contributed by atoms with Gasteiger partial charge in [-0.2, -0.15) is 0 Å². The van der Waals surface area contributed by atoms with Crippen molar-refractivity contribution in [2.24, 2.45) is 11.5 Å². The molecule has 0 aromatic heterocycles. The highest BCUT2D eigenvalue weighted by Gasteiger charge is 2.46. The molecule has 0 spiro atoms. The molecule has 0 aliphatic heterocycles. The first-order chi connectivity index (χ1) is 11.8. The van der Waals surface area contributed by atoms with E-state index in [0.717, 1.165) is 0 Å². The van der Waals surface area contributed by atoms with Crippen molar-refractivity contribution < 1.29 is 24.2 Å². The van der Waals surface area contributed by atoms with Crippen LogP contribution in [0.4, 0.5) is 0 Å². The normalized spacial score (nSPS) is 24.6. The number of hydrogen-bond donors (Lipinski definition) is 3. The van der Waals surface area contributed by atoms with Crippen molar-refractivity contribution in [1.29, 1.82) is 0 Å². The van der Waals surface area contributed by atoms with Crippen LogP contribution in [-0.4, -0.2) is 35.0 Å². The topological polar surface area (TPSA) is 133 Å². The zero-order chi connectivity index (χ0) is 18.6. The van der Waals surface area contributed by atoms with Crippen LogP contribution in [0.15, 0.2) is 24.3 Å². The SMILES string of the molecule is N[C@@H](CCC(=O)O)C(=O)O[C@H]1CCC[C@](N)(c2ccccc2Cl)C1=O. The van der Waals surface area contributed by atoms with Crippen LogP contribution in [0.3, 0.4) is 0 Å². The molecule has 0 amide bonds. The fourth-order valence-electron chi connectivity index (χ4n) is 2.94. The third-order valence-electron chi connectivity index (χ3n) is 4.35. The highest BCUT2D eigenvalue weighted by molar-refractivity contribution is 6.31. The summed E-state index contributed by atoms with van der Waals surface area (Å²) in [4.78, 5) is 35.4. The Morgan fingerprint density at radius 1 is 1.40 bits per heavy atom. The van der Waals surface area contributed by atoms with Gasteiger partial charge < -0.3 is 21.3 Å². The molecule has 1 saturated carbocycles. The standard InChI is InChI=1S/C17H21ClN2O5/c18-11-5-2-1-4-10(11)17(20)9-3-6-13(15(17)23)25-16(24)12(19)7-8-14(21)22/h1-2,4-5,12-13H,3,6-9,19-20H2,(H,21,22)/t12-,13-,17-/m0/s1. The molecule has 1 fully saturated rings. The van der Waals surface area contributed by atoms with Crippen LogP contribution in [0.5, 0.6) is 0 Å². The number of halogens is 1. The van der Waals surface area contributed by atoms with Gasteiger partial charge in [0.05, 0.1) is 0 Å². The molecule has 8 heteroatoms. The second-order valence-corrected chi connectivity index (χ2v) is 6.58. The molecule has 1 aromatic rings. The number of esters is 1. The van der Waals surface area contributed by atoms with Gasteiger partial charge in [0.25, 0.3) is 0 Å². The van der Waals surface area contributed by atoms with Crippen LogP contribution in [-0.2, 0) is 24.7 Å². The number of ether oxygens (including phenoxy) is 1. The fourth-order valence-corrected chi connectivity index (χ4v) is 3.24. The smallest absolute Gasteiger partial charge is 0.323 e. The number of aliphatic carboxylic acids is 1. The maximum absolute atomic E-state index is 12.8. The lowest BCUT2D eigenvalue weighted by Crippen LogP contribution is -2.54. The van der Waals surface area contributed by atoms with Crippen molar-refractivity contribution in [3.05, 3.63) is 34.9 Å². The maximum atomic E-state index is 12.8. The van der Waals surface area contributed by atoms with Gasteiger partial charge in [0.1, 0.15) is 11.6 Å². The van der Waals surface area contributed by atoms with Gasteiger partial charge in [-0.1, -0.05) is 29.8 Å². The fraction of sp³-hybridized carbons (Fsp3) is 0.471. The average Bonchev–Trinajstić information content (AvgIpc) is 2.57. The molecule has 5 N–H and O–H groups in total. The van der Waals surface area contributed by atoms with E-state index in [9.17, 15) is 14.4 Å². The van der Waals surface area contributed by atoms with E-state index >= 15 is 0 Å². The second-order valence-electron chi connectivity index (χ2n) is 6.17. The number of rotatable bonds is 6. The van der Waals surface area contributed by atoms with E-state index in [-0.39, 0.29) is 12.8 Å². The Hall–Kier alpha value is -1.96. The minimum Gasteiger partial charge on any atom is -0.481 e. The molecule has 1 aromatic carbocycles. The summed E-state index contributed by atoms with van der Waals surface area (Å²) < 4.78 is 5.22. The third kappa shape index (κ3) is 4.36. The summed E-state index contributed by atoms with van der Waals surface area (Å²) in [5.41, 5.74) is 11.1. The largest absolute Gasteiger partial charge is 0.481 e. The van der Waals surface area contributed by atoms with Gasteiger partial charge in [0.15, 0.2) is 11.9 Å². The van der Waals surface area contributed by atoms with E-state index in [1.807, 2.05) is 0 Å². The number of carboxylic acids is 1. The molecule has 0 saturated heterocycles. The Balaban J connectivity index is 2.10. The summed E-state index contributed by atoms with van der Waals surface area (Å²) in [6, 6.07) is 5.71. The lowest BCUT2D eigenvalue weighted by atomic mass is 9.75. The zero-order valence-corrected chi connectivity index (χ0v) is 14.4. The lowest BCUT2D eigenvalue weighted by Gasteiger charge is -2.37. The van der Waals surface area contributed by atoms with Crippen LogP contribution < -0.4 is 11.5 Å². The summed E-state index contributed by atoms with van der Waals surface area (Å²) >= 11 is 6.17. The number of hydrogen-bond acceptors (Lipinski definition) is 6. The number of benzene rings is 1. The molecule has 2 rings (SSSR count). The van der Waals surface area contributed by atoms with E-state index < -0.39 is 35.4 Å². The number of nitrogens with two attached hydrogens (primary N) is 2. The Labute approximate surface area is 150 Å². The van der Waals surface area contributed by atoms with Crippen molar-refractivity contribution in [1.82, 2.24) is 0 Å². The van der Waals surface area contributed by atoms with E-state index in [1.54, 1.807) is 24.3 Å². The molecule has 136 valence electrons. The molecular formula is C17H21ClN2O5. The summed E-state index contributed by atoms with van der Waals surface area (Å²) in [6.07, 6.45) is -0.00865. The number of carbonyl (C=O) groups is 3. The Kier molecular flexibility index (Phi) is 6.16. The van der Waals surface area contributed by atoms with Gasteiger partial charge in [0.2, 0.25) is 0 Å². The minimum absolute atomic E-state index is 0.0621. The highest BCUT2D eigenvalue weighted by Crippen LogP contribution is 2.36. The van der Waals surface area contributed by atoms with E-state index in [2.05, 4.69) is 0 Å². The van der Waals surface area contributed by atoms with Crippen molar-refractivity contribution >= 4 is 29.3 Å². The zero-order valence-electron chi connectivity index (χ0n) is 13.6. The minimum atomic E-state index is -1.33. The van der Waals surface area contributed by atoms with Crippen LogP contribution >= 0.6 is 11.6 Å². The number of carboxylic acid groups (broad SMARTS) is 1. The van der Waals surface area contributed by atoms with E-state index in [1.165, 1.54) is 0 Å². The maximum Gasteiger partial charge on any atom is 0.323 e. The quantitative estimate of drug-likeness (QED) is 0.645. The predicted octanol–water partition coefficient (Wildman–Crippen LogP) is 1.35. The van der Waals surface area contributed by atoms with Crippen LogP contribution in [0.2, 0.25) is 5.02 Å².